The predicted molar refractivity (Wildman–Crippen MR) is 63.1 cm³/mol. The van der Waals surface area contributed by atoms with Crippen molar-refractivity contribution in [3.8, 4) is 0 Å². The average Bonchev–Trinajstić information content (AvgIpc) is 2.30. The van der Waals surface area contributed by atoms with Crippen LogP contribution in [0.3, 0.4) is 0 Å². The molecule has 1 rings (SSSR count). The van der Waals surface area contributed by atoms with Crippen molar-refractivity contribution in [1.82, 2.24) is 0 Å². The van der Waals surface area contributed by atoms with Crippen LogP contribution in [-0.4, -0.2) is 0 Å². The van der Waals surface area contributed by atoms with Crippen LogP contribution in [0.5, 0.6) is 0 Å². The lowest BCUT2D eigenvalue weighted by atomic mass is 10.1. The molecular weight excluding hydrogens is 186 g/mol. The molecule has 0 saturated heterocycles. The van der Waals surface area contributed by atoms with Crippen LogP contribution in [0.2, 0.25) is 0 Å². The minimum absolute atomic E-state index is 0.122. The molecule has 0 saturated carbocycles. The van der Waals surface area contributed by atoms with Gasteiger partial charge in [-0.2, -0.15) is 0 Å². The minimum Gasteiger partial charge on any atom is -0.292 e. The quantitative estimate of drug-likeness (QED) is 0.439. The molecule has 1 atom stereocenters. The molecule has 2 heteroatoms. The highest BCUT2D eigenvalue weighted by Gasteiger charge is 2.04. The molecule has 15 heavy (non-hydrogen) atoms. The Morgan fingerprint density at radius 1 is 1.33 bits per heavy atom. The molecule has 0 aliphatic rings. The van der Waals surface area contributed by atoms with Gasteiger partial charge in [0.05, 0.1) is 0 Å². The summed E-state index contributed by atoms with van der Waals surface area (Å²) in [5.41, 5.74) is 1.09. The first kappa shape index (κ1) is 12.0. The monoisotopic (exact) mass is 205 g/mol. The van der Waals surface area contributed by atoms with Crippen molar-refractivity contribution in [3.05, 3.63) is 48.0 Å². The second-order valence-electron chi connectivity index (χ2n) is 3.54. The van der Waals surface area contributed by atoms with E-state index < -0.39 is 0 Å². The summed E-state index contributed by atoms with van der Waals surface area (Å²) < 4.78 is 0. The Hall–Kier alpha value is -1.12. The van der Waals surface area contributed by atoms with Gasteiger partial charge in [0.25, 0.3) is 0 Å². The summed E-state index contributed by atoms with van der Waals surface area (Å²) in [7, 11) is 0. The number of hydrogen-bond donors (Lipinski definition) is 1. The summed E-state index contributed by atoms with van der Waals surface area (Å²) in [6, 6.07) is 9.99. The van der Waals surface area contributed by atoms with Crippen LogP contribution < -0.4 is 5.90 Å². The van der Waals surface area contributed by atoms with Crippen LogP contribution in [0.15, 0.2) is 42.5 Å². The smallest absolute Gasteiger partial charge is 0.122 e. The second kappa shape index (κ2) is 7.21. The third-order valence-electron chi connectivity index (χ3n) is 2.31. The summed E-state index contributed by atoms with van der Waals surface area (Å²) >= 11 is 0. The van der Waals surface area contributed by atoms with Crippen molar-refractivity contribution in [2.24, 2.45) is 5.90 Å². The maximum atomic E-state index is 5.27. The molecule has 0 amide bonds. The fourth-order valence-electron chi connectivity index (χ4n) is 1.42. The number of nitrogens with two attached hydrogens (primary N) is 1. The van der Waals surface area contributed by atoms with Crippen LogP contribution in [0.1, 0.15) is 37.9 Å². The van der Waals surface area contributed by atoms with Gasteiger partial charge in [-0.1, -0.05) is 62.2 Å². The Bertz CT molecular complexity index is 282. The van der Waals surface area contributed by atoms with E-state index >= 15 is 0 Å². The first-order valence-electron chi connectivity index (χ1n) is 5.45. The van der Waals surface area contributed by atoms with Gasteiger partial charge in [0, 0.05) is 0 Å². The van der Waals surface area contributed by atoms with Crippen molar-refractivity contribution in [1.29, 1.82) is 0 Å². The number of unbranched alkanes of at least 4 members (excludes halogenated alkanes) is 2. The van der Waals surface area contributed by atoms with Crippen molar-refractivity contribution in [2.75, 3.05) is 0 Å². The molecule has 82 valence electrons. The van der Waals surface area contributed by atoms with Crippen LogP contribution in [-0.2, 0) is 4.84 Å². The van der Waals surface area contributed by atoms with E-state index in [9.17, 15) is 0 Å². The Labute approximate surface area is 91.7 Å². The van der Waals surface area contributed by atoms with Crippen molar-refractivity contribution in [2.45, 2.75) is 32.3 Å². The minimum atomic E-state index is -0.122. The predicted octanol–water partition coefficient (Wildman–Crippen LogP) is 3.36. The molecule has 1 aromatic rings. The van der Waals surface area contributed by atoms with Gasteiger partial charge in [0.1, 0.15) is 6.10 Å². The van der Waals surface area contributed by atoms with E-state index in [2.05, 4.69) is 13.0 Å². The van der Waals surface area contributed by atoms with E-state index in [0.29, 0.717) is 0 Å². The zero-order valence-electron chi connectivity index (χ0n) is 9.23. The number of rotatable bonds is 6. The normalized spacial score (nSPS) is 13.2. The van der Waals surface area contributed by atoms with E-state index in [0.717, 1.165) is 12.0 Å². The topological polar surface area (TPSA) is 35.2 Å². The van der Waals surface area contributed by atoms with Crippen molar-refractivity contribution < 1.29 is 4.84 Å². The first-order valence-corrected chi connectivity index (χ1v) is 5.45. The molecule has 0 heterocycles. The SMILES string of the molecule is CCCC/C=C/C(ON)c1ccccc1. The van der Waals surface area contributed by atoms with Gasteiger partial charge in [-0.15, -0.1) is 0 Å². The van der Waals surface area contributed by atoms with Gasteiger partial charge in [-0.25, -0.2) is 5.90 Å². The summed E-state index contributed by atoms with van der Waals surface area (Å²) in [5, 5.41) is 0. The third-order valence-corrected chi connectivity index (χ3v) is 2.31. The molecule has 0 aromatic heterocycles. The maximum Gasteiger partial charge on any atom is 0.122 e. The Kier molecular flexibility index (Phi) is 5.74. The second-order valence-corrected chi connectivity index (χ2v) is 3.54. The van der Waals surface area contributed by atoms with Crippen molar-refractivity contribution >= 4 is 0 Å². The summed E-state index contributed by atoms with van der Waals surface area (Å²) in [4.78, 5) is 4.93. The summed E-state index contributed by atoms with van der Waals surface area (Å²) in [6.07, 6.45) is 7.54. The molecule has 0 radical (unpaired) electrons. The molecule has 0 fully saturated rings. The molecule has 1 aromatic carbocycles. The molecule has 2 nitrogen and oxygen atoms in total. The molecule has 0 bridgehead atoms. The largest absolute Gasteiger partial charge is 0.292 e. The first-order chi connectivity index (χ1) is 7.38. The summed E-state index contributed by atoms with van der Waals surface area (Å²) in [6.45, 7) is 2.18. The number of allylic oxidation sites excluding steroid dienone is 1. The van der Waals surface area contributed by atoms with E-state index in [1.54, 1.807) is 0 Å². The van der Waals surface area contributed by atoms with Crippen LogP contribution in [0.25, 0.3) is 0 Å². The van der Waals surface area contributed by atoms with Gasteiger partial charge < -0.3 is 0 Å². The average molecular weight is 205 g/mol. The lowest BCUT2D eigenvalue weighted by molar-refractivity contribution is 0.0865. The zero-order chi connectivity index (χ0) is 10.9. The maximum absolute atomic E-state index is 5.27. The highest BCUT2D eigenvalue weighted by Crippen LogP contribution is 2.16. The van der Waals surface area contributed by atoms with Gasteiger partial charge >= 0.3 is 0 Å². The zero-order valence-corrected chi connectivity index (χ0v) is 9.23. The van der Waals surface area contributed by atoms with Gasteiger partial charge in [-0.05, 0) is 12.0 Å². The Balaban J connectivity index is 2.53. The number of benzene rings is 1. The van der Waals surface area contributed by atoms with Gasteiger partial charge in [0.2, 0.25) is 0 Å². The van der Waals surface area contributed by atoms with E-state index in [-0.39, 0.29) is 6.10 Å². The lowest BCUT2D eigenvalue weighted by Crippen LogP contribution is -2.06. The highest BCUT2D eigenvalue weighted by molar-refractivity contribution is 5.21. The van der Waals surface area contributed by atoms with E-state index in [4.69, 9.17) is 10.7 Å². The Morgan fingerprint density at radius 2 is 2.07 bits per heavy atom. The number of hydrogen-bond acceptors (Lipinski definition) is 2. The molecule has 0 spiro atoms. The van der Waals surface area contributed by atoms with E-state index in [1.165, 1.54) is 12.8 Å². The lowest BCUT2D eigenvalue weighted by Gasteiger charge is -2.09. The fraction of sp³-hybridized carbons (Fsp3) is 0.385. The van der Waals surface area contributed by atoms with Gasteiger partial charge in [0.15, 0.2) is 0 Å². The van der Waals surface area contributed by atoms with Gasteiger partial charge in [-0.3, -0.25) is 4.84 Å². The summed E-state index contributed by atoms with van der Waals surface area (Å²) in [5.74, 6) is 5.27. The third kappa shape index (κ3) is 4.28. The molecule has 0 aliphatic carbocycles. The molecule has 1 unspecified atom stereocenters. The fourth-order valence-corrected chi connectivity index (χ4v) is 1.42. The van der Waals surface area contributed by atoms with Crippen molar-refractivity contribution in [3.63, 3.8) is 0 Å². The standard InChI is InChI=1S/C13H19NO/c1-2-3-4-8-11-13(15-14)12-9-6-5-7-10-12/h5-11,13H,2-4,14H2,1H3/b11-8+. The Morgan fingerprint density at radius 3 is 2.67 bits per heavy atom. The van der Waals surface area contributed by atoms with E-state index in [1.807, 2.05) is 36.4 Å². The molecule has 2 N–H and O–H groups in total. The molecular formula is C13H19NO. The molecule has 0 aliphatic heterocycles. The van der Waals surface area contributed by atoms with Crippen LogP contribution >= 0.6 is 0 Å². The highest BCUT2D eigenvalue weighted by atomic mass is 16.6. The van der Waals surface area contributed by atoms with Crippen LogP contribution in [0, 0.1) is 0 Å². The van der Waals surface area contributed by atoms with Crippen LogP contribution in [0.4, 0.5) is 0 Å².